The third-order valence-electron chi connectivity index (χ3n) is 1.97. The molecule has 0 saturated carbocycles. The SMILES string of the molecule is O=c1[nH]c(=O)n(OC(F)(F)F)c2ccccc12. The maximum absolute atomic E-state index is 12.1. The number of hydrogen-bond acceptors (Lipinski definition) is 3. The van der Waals surface area contributed by atoms with Gasteiger partial charge in [0.2, 0.25) is 0 Å². The molecule has 0 aliphatic heterocycles. The molecular weight excluding hydrogens is 241 g/mol. The summed E-state index contributed by atoms with van der Waals surface area (Å²) in [6.07, 6.45) is -5.02. The molecule has 1 aromatic heterocycles. The fourth-order valence-corrected chi connectivity index (χ4v) is 1.36. The Morgan fingerprint density at radius 1 is 1.18 bits per heavy atom. The van der Waals surface area contributed by atoms with Gasteiger partial charge in [0, 0.05) is 0 Å². The van der Waals surface area contributed by atoms with Crippen molar-refractivity contribution in [1.82, 2.24) is 9.71 Å². The highest BCUT2D eigenvalue weighted by Gasteiger charge is 2.33. The molecule has 0 unspecified atom stereocenters. The van der Waals surface area contributed by atoms with E-state index in [1.807, 2.05) is 0 Å². The average Bonchev–Trinajstić information content (AvgIpc) is 2.23. The molecule has 17 heavy (non-hydrogen) atoms. The summed E-state index contributed by atoms with van der Waals surface area (Å²) < 4.78 is 36.2. The number of para-hydroxylation sites is 1. The lowest BCUT2D eigenvalue weighted by Crippen LogP contribution is -2.39. The zero-order valence-electron chi connectivity index (χ0n) is 8.12. The number of benzene rings is 1. The average molecular weight is 246 g/mol. The van der Waals surface area contributed by atoms with Gasteiger partial charge in [0.25, 0.3) is 5.56 Å². The van der Waals surface area contributed by atoms with E-state index in [1.165, 1.54) is 24.3 Å². The molecule has 0 atom stereocenters. The molecule has 0 spiro atoms. The molecule has 0 aliphatic rings. The van der Waals surface area contributed by atoms with Crippen molar-refractivity contribution < 1.29 is 18.0 Å². The normalized spacial score (nSPS) is 11.7. The molecule has 1 N–H and O–H groups in total. The summed E-state index contributed by atoms with van der Waals surface area (Å²) in [4.78, 5) is 27.8. The second-order valence-electron chi connectivity index (χ2n) is 3.11. The van der Waals surface area contributed by atoms with Crippen LogP contribution in [0.5, 0.6) is 0 Å². The minimum atomic E-state index is -5.02. The Labute approximate surface area is 91.0 Å². The van der Waals surface area contributed by atoms with Gasteiger partial charge in [-0.1, -0.05) is 12.1 Å². The van der Waals surface area contributed by atoms with Crippen LogP contribution >= 0.6 is 0 Å². The fraction of sp³-hybridized carbons (Fsp3) is 0.111. The Balaban J connectivity index is 2.79. The topological polar surface area (TPSA) is 64.1 Å². The Kier molecular flexibility index (Phi) is 2.41. The summed E-state index contributed by atoms with van der Waals surface area (Å²) in [7, 11) is 0. The molecule has 0 saturated heterocycles. The van der Waals surface area contributed by atoms with Gasteiger partial charge in [-0.05, 0) is 12.1 Å². The van der Waals surface area contributed by atoms with E-state index in [0.29, 0.717) is 0 Å². The predicted molar refractivity (Wildman–Crippen MR) is 51.5 cm³/mol. The van der Waals surface area contributed by atoms with Gasteiger partial charge in [0.1, 0.15) is 0 Å². The van der Waals surface area contributed by atoms with Gasteiger partial charge in [0.15, 0.2) is 0 Å². The van der Waals surface area contributed by atoms with E-state index in [4.69, 9.17) is 0 Å². The minimum absolute atomic E-state index is 0.00324. The third-order valence-corrected chi connectivity index (χ3v) is 1.97. The molecule has 0 fully saturated rings. The number of nitrogens with one attached hydrogen (secondary N) is 1. The number of rotatable bonds is 1. The highest BCUT2D eigenvalue weighted by Crippen LogP contribution is 2.14. The number of alkyl halides is 3. The summed E-state index contributed by atoms with van der Waals surface area (Å²) in [5.41, 5.74) is -2.31. The van der Waals surface area contributed by atoms with Crippen LogP contribution < -0.4 is 16.1 Å². The van der Waals surface area contributed by atoms with Crippen molar-refractivity contribution in [3.63, 3.8) is 0 Å². The molecule has 1 aromatic carbocycles. The maximum atomic E-state index is 12.1. The van der Waals surface area contributed by atoms with Crippen molar-refractivity contribution in [2.24, 2.45) is 0 Å². The van der Waals surface area contributed by atoms with Crippen LogP contribution in [0.25, 0.3) is 10.9 Å². The number of aromatic amines is 1. The van der Waals surface area contributed by atoms with Crippen molar-refractivity contribution in [3.8, 4) is 0 Å². The monoisotopic (exact) mass is 246 g/mol. The molecule has 0 bridgehead atoms. The smallest absolute Gasteiger partial charge is 0.308 e. The van der Waals surface area contributed by atoms with Gasteiger partial charge in [-0.25, -0.2) is 4.79 Å². The van der Waals surface area contributed by atoms with Gasteiger partial charge in [-0.2, -0.15) is 0 Å². The van der Waals surface area contributed by atoms with E-state index in [1.54, 1.807) is 4.98 Å². The van der Waals surface area contributed by atoms with Crippen LogP contribution in [-0.2, 0) is 0 Å². The minimum Gasteiger partial charge on any atom is -0.308 e. The third kappa shape index (κ3) is 2.14. The summed E-state index contributed by atoms with van der Waals surface area (Å²) in [6.45, 7) is 0. The largest absolute Gasteiger partial charge is 0.591 e. The van der Waals surface area contributed by atoms with Gasteiger partial charge in [-0.15, -0.1) is 17.9 Å². The quantitative estimate of drug-likeness (QED) is 0.803. The zero-order valence-corrected chi connectivity index (χ0v) is 8.12. The summed E-state index contributed by atoms with van der Waals surface area (Å²) in [5.74, 6) is 0. The summed E-state index contributed by atoms with van der Waals surface area (Å²) >= 11 is 0. The number of fused-ring (bicyclic) bond motifs is 1. The summed E-state index contributed by atoms with van der Waals surface area (Å²) in [5, 5.41) is -0.0728. The van der Waals surface area contributed by atoms with Gasteiger partial charge in [0.05, 0.1) is 10.9 Å². The van der Waals surface area contributed by atoms with Crippen LogP contribution in [0.3, 0.4) is 0 Å². The Morgan fingerprint density at radius 3 is 2.47 bits per heavy atom. The van der Waals surface area contributed by atoms with Gasteiger partial charge in [-0.3, -0.25) is 9.78 Å². The number of nitrogens with zero attached hydrogens (tertiary/aromatic N) is 1. The molecule has 5 nitrogen and oxygen atoms in total. The Bertz CT molecular complexity index is 671. The Hall–Kier alpha value is -2.25. The first-order chi connectivity index (χ1) is 7.88. The first-order valence-corrected chi connectivity index (χ1v) is 4.39. The number of hydrogen-bond donors (Lipinski definition) is 1. The van der Waals surface area contributed by atoms with E-state index >= 15 is 0 Å². The second-order valence-corrected chi connectivity index (χ2v) is 3.11. The van der Waals surface area contributed by atoms with E-state index < -0.39 is 17.6 Å². The van der Waals surface area contributed by atoms with Crippen molar-refractivity contribution >= 4 is 10.9 Å². The van der Waals surface area contributed by atoms with Crippen LogP contribution in [0.1, 0.15) is 0 Å². The molecule has 2 rings (SSSR count). The van der Waals surface area contributed by atoms with Crippen molar-refractivity contribution in [1.29, 1.82) is 0 Å². The van der Waals surface area contributed by atoms with Gasteiger partial charge >= 0.3 is 12.1 Å². The first kappa shape index (κ1) is 11.2. The lowest BCUT2D eigenvalue weighted by Gasteiger charge is -2.11. The second kappa shape index (κ2) is 3.65. The zero-order chi connectivity index (χ0) is 12.6. The lowest BCUT2D eigenvalue weighted by atomic mass is 10.2. The number of halogens is 3. The summed E-state index contributed by atoms with van der Waals surface area (Å²) in [6, 6.07) is 5.30. The molecule has 1 heterocycles. The van der Waals surface area contributed by atoms with Crippen LogP contribution in [0.15, 0.2) is 33.9 Å². The molecular formula is C9H5F3N2O3. The molecule has 8 heteroatoms. The van der Waals surface area contributed by atoms with Crippen molar-refractivity contribution in [3.05, 3.63) is 45.1 Å². The number of aromatic nitrogens is 2. The Morgan fingerprint density at radius 2 is 1.82 bits per heavy atom. The lowest BCUT2D eigenvalue weighted by molar-refractivity contribution is -0.322. The molecule has 0 radical (unpaired) electrons. The molecule has 90 valence electrons. The van der Waals surface area contributed by atoms with Crippen molar-refractivity contribution in [2.45, 2.75) is 6.36 Å². The fourth-order valence-electron chi connectivity index (χ4n) is 1.36. The van der Waals surface area contributed by atoms with Crippen LogP contribution in [0.2, 0.25) is 0 Å². The van der Waals surface area contributed by atoms with E-state index in [-0.39, 0.29) is 15.6 Å². The maximum Gasteiger partial charge on any atom is 0.591 e. The standard InChI is InChI=1S/C9H5F3N2O3/c10-9(11,12)17-14-6-4-2-1-3-5(6)7(15)13-8(14)16/h1-4H,(H,13,15,16). The van der Waals surface area contributed by atoms with Gasteiger partial charge < -0.3 is 4.84 Å². The molecule has 0 aliphatic carbocycles. The van der Waals surface area contributed by atoms with Crippen LogP contribution in [0.4, 0.5) is 13.2 Å². The first-order valence-electron chi connectivity index (χ1n) is 4.39. The van der Waals surface area contributed by atoms with Crippen LogP contribution in [0, 0.1) is 0 Å². The number of H-pyrrole nitrogens is 1. The van der Waals surface area contributed by atoms with E-state index in [2.05, 4.69) is 4.84 Å². The van der Waals surface area contributed by atoms with E-state index in [9.17, 15) is 22.8 Å². The molecule has 2 aromatic rings. The van der Waals surface area contributed by atoms with Crippen LogP contribution in [-0.4, -0.2) is 16.1 Å². The highest BCUT2D eigenvalue weighted by atomic mass is 19.4. The van der Waals surface area contributed by atoms with E-state index in [0.717, 1.165) is 0 Å². The van der Waals surface area contributed by atoms with Crippen molar-refractivity contribution in [2.75, 3.05) is 0 Å². The molecule has 0 amide bonds. The predicted octanol–water partition coefficient (Wildman–Crippen LogP) is 0.638. The highest BCUT2D eigenvalue weighted by molar-refractivity contribution is 5.77.